The average Bonchev–Trinajstić information content (AvgIpc) is 3.46. The Hall–Kier alpha value is -2.33. The van der Waals surface area contributed by atoms with Crippen LogP contribution >= 0.6 is 0 Å². The molecule has 2 aromatic rings. The second-order valence-corrected chi connectivity index (χ2v) is 11.8. The maximum absolute atomic E-state index is 12.3. The van der Waals surface area contributed by atoms with Crippen molar-refractivity contribution in [2.45, 2.75) is 122 Å². The summed E-state index contributed by atoms with van der Waals surface area (Å²) in [7, 11) is 0. The zero-order valence-electron chi connectivity index (χ0n) is 24.6. The molecule has 0 aliphatic heterocycles. The third-order valence-electron chi connectivity index (χ3n) is 7.25. The van der Waals surface area contributed by atoms with Crippen LogP contribution in [0.15, 0.2) is 24.3 Å². The van der Waals surface area contributed by atoms with Crippen molar-refractivity contribution in [3.05, 3.63) is 34.4 Å². The van der Waals surface area contributed by atoms with E-state index in [1.807, 2.05) is 6.08 Å². The zero-order valence-corrected chi connectivity index (χ0v) is 26.3. The molecule has 0 unspecified atom stereocenters. The fourth-order valence-corrected chi connectivity index (χ4v) is 5.96. The third kappa shape index (κ3) is 13.9. The molecule has 1 amide bonds. The molecule has 11 heteroatoms. The fourth-order valence-electron chi connectivity index (χ4n) is 4.77. The summed E-state index contributed by atoms with van der Waals surface area (Å²) in [6.45, 7) is 2.58. The molecule has 10 nitrogen and oxygen atoms in total. The van der Waals surface area contributed by atoms with Gasteiger partial charge in [0.05, 0.1) is 12.7 Å². The Morgan fingerprint density at radius 1 is 0.976 bits per heavy atom. The number of rotatable bonds is 24. The number of anilines is 1. The fraction of sp³-hybridized carbons (Fsp3) is 0.700. The summed E-state index contributed by atoms with van der Waals surface area (Å²) in [6, 6.07) is 2.40. The van der Waals surface area contributed by atoms with Crippen LogP contribution < -0.4 is 10.6 Å². The SMILES string of the molecule is CCCCCCCCCCCCC/C=C/[C@@H](O)[C@H](CO)NC(=O)CCCCCNc1ccc([N+](=O)[O-])c2n[se]nc12. The molecule has 0 aliphatic carbocycles. The number of hydrogen-bond donors (Lipinski definition) is 4. The number of aromatic nitrogens is 2. The van der Waals surface area contributed by atoms with Gasteiger partial charge < -0.3 is 10.2 Å². The number of nitrogens with one attached hydrogen (secondary N) is 2. The minimum absolute atomic E-state index is 0.0224. The third-order valence-corrected chi connectivity index (χ3v) is 8.36. The van der Waals surface area contributed by atoms with E-state index in [2.05, 4.69) is 25.5 Å². The van der Waals surface area contributed by atoms with Crippen LogP contribution in [-0.2, 0) is 4.79 Å². The topological polar surface area (TPSA) is 151 Å². The van der Waals surface area contributed by atoms with Gasteiger partial charge in [-0.15, -0.1) is 0 Å². The van der Waals surface area contributed by atoms with Gasteiger partial charge in [-0.05, 0) is 12.8 Å². The Morgan fingerprint density at radius 3 is 2.27 bits per heavy atom. The molecule has 1 aromatic carbocycles. The van der Waals surface area contributed by atoms with E-state index in [1.165, 1.54) is 70.3 Å². The molecular weight excluding hydrogens is 589 g/mol. The number of carbonyl (C=O) groups excluding carboxylic acids is 1. The predicted molar refractivity (Wildman–Crippen MR) is 165 cm³/mol. The summed E-state index contributed by atoms with van der Waals surface area (Å²) < 4.78 is 8.49. The molecule has 230 valence electrons. The first-order valence-electron chi connectivity index (χ1n) is 15.4. The number of unbranched alkanes of at least 4 members (excludes halogenated alkanes) is 13. The summed E-state index contributed by atoms with van der Waals surface area (Å²) in [4.78, 5) is 23.0. The van der Waals surface area contributed by atoms with Gasteiger partial charge in [0.2, 0.25) is 0 Å². The van der Waals surface area contributed by atoms with Crippen LogP contribution in [-0.4, -0.2) is 69.3 Å². The van der Waals surface area contributed by atoms with E-state index in [0.29, 0.717) is 30.4 Å². The summed E-state index contributed by atoms with van der Waals surface area (Å²) >= 11 is -0.361. The number of aliphatic hydroxyl groups is 2. The van der Waals surface area contributed by atoms with E-state index in [-0.39, 0.29) is 33.2 Å². The van der Waals surface area contributed by atoms with Crippen molar-refractivity contribution in [1.29, 1.82) is 0 Å². The monoisotopic (exact) mass is 639 g/mol. The molecule has 1 aromatic heterocycles. The van der Waals surface area contributed by atoms with Crippen LogP contribution in [0, 0.1) is 10.1 Å². The maximum atomic E-state index is 12.3. The Labute approximate surface area is 250 Å². The normalized spacial score (nSPS) is 13.0. The molecule has 0 bridgehead atoms. The van der Waals surface area contributed by atoms with Gasteiger partial charge in [0.1, 0.15) is 0 Å². The number of non-ortho nitro benzene ring substituents is 1. The van der Waals surface area contributed by atoms with E-state index < -0.39 is 17.1 Å². The first kappa shape index (κ1) is 34.9. The van der Waals surface area contributed by atoms with Gasteiger partial charge in [-0.1, -0.05) is 83.3 Å². The first-order chi connectivity index (χ1) is 20.0. The Bertz CT molecular complexity index is 1050. The molecule has 0 aliphatic rings. The second-order valence-electron chi connectivity index (χ2n) is 10.7. The van der Waals surface area contributed by atoms with Gasteiger partial charge in [0.25, 0.3) is 0 Å². The van der Waals surface area contributed by atoms with Gasteiger partial charge in [-0.2, -0.15) is 0 Å². The standard InChI is InChI=1S/C30H49N5O5Se/c1-2-3-4-5-6-7-8-9-10-11-12-13-15-18-27(37)25(23-36)32-28(38)19-16-14-17-22-31-24-20-21-26(35(39)40)30-29(24)33-41-34-30/h15,18,20-21,25,27,31,36-37H,2-14,16-17,19,22-23H2,1H3,(H,32,38)/b18-15+/t25-,27+/m0/s1. The van der Waals surface area contributed by atoms with Gasteiger partial charge in [-0.3, -0.25) is 0 Å². The van der Waals surface area contributed by atoms with Crippen molar-refractivity contribution >= 4 is 43.3 Å². The molecule has 4 N–H and O–H groups in total. The second kappa shape index (κ2) is 21.4. The molecule has 0 radical (unpaired) electrons. The van der Waals surface area contributed by atoms with Crippen LogP contribution in [0.5, 0.6) is 0 Å². The van der Waals surface area contributed by atoms with Crippen molar-refractivity contribution in [3.63, 3.8) is 0 Å². The molecule has 41 heavy (non-hydrogen) atoms. The van der Waals surface area contributed by atoms with E-state index in [1.54, 1.807) is 12.1 Å². The van der Waals surface area contributed by atoms with Crippen molar-refractivity contribution in [2.24, 2.45) is 0 Å². The van der Waals surface area contributed by atoms with E-state index in [4.69, 9.17) is 0 Å². The molecule has 2 atom stereocenters. The molecule has 2 rings (SSSR count). The number of carbonyl (C=O) groups is 1. The Balaban J connectivity index is 1.52. The molecule has 0 saturated carbocycles. The van der Waals surface area contributed by atoms with E-state index in [0.717, 1.165) is 31.4 Å². The number of amides is 1. The van der Waals surface area contributed by atoms with Crippen LogP contribution in [0.25, 0.3) is 11.0 Å². The molecule has 1 heterocycles. The number of hydrogen-bond acceptors (Lipinski definition) is 8. The Morgan fingerprint density at radius 2 is 1.61 bits per heavy atom. The molecule has 0 spiro atoms. The Kier molecular flexibility index (Phi) is 18.2. The predicted octanol–water partition coefficient (Wildman–Crippen LogP) is 5.66. The number of aliphatic hydroxyl groups excluding tert-OH is 2. The molecule has 0 fully saturated rings. The van der Waals surface area contributed by atoms with Crippen molar-refractivity contribution in [1.82, 2.24) is 13.3 Å². The van der Waals surface area contributed by atoms with Crippen LogP contribution in [0.4, 0.5) is 11.4 Å². The van der Waals surface area contributed by atoms with Gasteiger partial charge >= 0.3 is 132 Å². The van der Waals surface area contributed by atoms with Crippen molar-refractivity contribution in [2.75, 3.05) is 18.5 Å². The zero-order chi connectivity index (χ0) is 29.7. The number of fused-ring (bicyclic) bond motifs is 1. The van der Waals surface area contributed by atoms with E-state index in [9.17, 15) is 25.1 Å². The molecule has 0 saturated heterocycles. The van der Waals surface area contributed by atoms with Crippen LogP contribution in [0.1, 0.15) is 110 Å². The quantitative estimate of drug-likeness (QED) is 0.0378. The van der Waals surface area contributed by atoms with Crippen LogP contribution in [0.2, 0.25) is 0 Å². The number of nitrogens with zero attached hydrogens (tertiary/aromatic N) is 3. The van der Waals surface area contributed by atoms with Crippen molar-refractivity contribution < 1.29 is 19.9 Å². The van der Waals surface area contributed by atoms with Crippen molar-refractivity contribution in [3.8, 4) is 0 Å². The number of nitro groups is 1. The van der Waals surface area contributed by atoms with Gasteiger partial charge in [0, 0.05) is 0 Å². The first-order valence-corrected chi connectivity index (χ1v) is 16.9. The summed E-state index contributed by atoms with van der Waals surface area (Å²) in [5.74, 6) is -0.189. The number of allylic oxidation sites excluding steroid dienone is 1. The summed E-state index contributed by atoms with van der Waals surface area (Å²) in [5, 5.41) is 37.2. The molecular formula is C30H49N5O5Se. The van der Waals surface area contributed by atoms with Gasteiger partial charge in [0.15, 0.2) is 0 Å². The summed E-state index contributed by atoms with van der Waals surface area (Å²) in [5.41, 5.74) is 1.62. The number of benzene rings is 1. The van der Waals surface area contributed by atoms with Gasteiger partial charge in [-0.25, -0.2) is 0 Å². The van der Waals surface area contributed by atoms with Crippen LogP contribution in [0.3, 0.4) is 0 Å². The van der Waals surface area contributed by atoms with E-state index >= 15 is 0 Å². The minimum atomic E-state index is -0.914. The average molecular weight is 639 g/mol. The summed E-state index contributed by atoms with van der Waals surface area (Å²) in [6.07, 6.45) is 20.5. The number of nitro benzene ring substituents is 1.